The fourth-order valence-electron chi connectivity index (χ4n) is 2.06. The maximum atomic E-state index is 5.89. The van der Waals surface area contributed by atoms with Crippen molar-refractivity contribution in [1.82, 2.24) is 10.3 Å². The van der Waals surface area contributed by atoms with Crippen LogP contribution in [-0.2, 0) is 6.42 Å². The number of pyridine rings is 1. The van der Waals surface area contributed by atoms with Crippen molar-refractivity contribution >= 4 is 5.82 Å². The number of hydrogen-bond acceptors (Lipinski definition) is 3. The van der Waals surface area contributed by atoms with E-state index in [2.05, 4.69) is 37.1 Å². The average Bonchev–Trinajstić information content (AvgIpc) is 2.28. The molecular weight excluding hydrogens is 210 g/mol. The van der Waals surface area contributed by atoms with Gasteiger partial charge < -0.3 is 11.1 Å². The fourth-order valence-corrected chi connectivity index (χ4v) is 2.06. The fraction of sp³-hybridized carbons (Fsp3) is 0.643. The summed E-state index contributed by atoms with van der Waals surface area (Å²) >= 11 is 0. The standard InChI is InChI=1S/C14H25N3/c1-4-5-8-13(17-11(2)3)10-12-7-6-9-16-14(12)15/h6-7,9,11,13,17H,4-5,8,10H2,1-3H3,(H2,15,16). The Morgan fingerprint density at radius 1 is 1.41 bits per heavy atom. The van der Waals surface area contributed by atoms with Crippen LogP contribution in [0.1, 0.15) is 45.6 Å². The zero-order valence-electron chi connectivity index (χ0n) is 11.2. The molecule has 0 bridgehead atoms. The molecule has 1 aromatic heterocycles. The highest BCUT2D eigenvalue weighted by atomic mass is 14.9. The summed E-state index contributed by atoms with van der Waals surface area (Å²) in [6.45, 7) is 6.60. The highest BCUT2D eigenvalue weighted by Crippen LogP contribution is 2.13. The third-order valence-corrected chi connectivity index (χ3v) is 2.87. The van der Waals surface area contributed by atoms with Crippen molar-refractivity contribution in [3.63, 3.8) is 0 Å². The summed E-state index contributed by atoms with van der Waals surface area (Å²) in [6.07, 6.45) is 6.40. The van der Waals surface area contributed by atoms with Gasteiger partial charge in [0.15, 0.2) is 0 Å². The van der Waals surface area contributed by atoms with E-state index in [1.807, 2.05) is 6.07 Å². The van der Waals surface area contributed by atoms with Gasteiger partial charge in [-0.2, -0.15) is 0 Å². The Morgan fingerprint density at radius 3 is 2.76 bits per heavy atom. The Kier molecular flexibility index (Phi) is 5.98. The topological polar surface area (TPSA) is 50.9 Å². The second-order valence-corrected chi connectivity index (χ2v) is 4.91. The van der Waals surface area contributed by atoms with Crippen LogP contribution in [-0.4, -0.2) is 17.1 Å². The van der Waals surface area contributed by atoms with Gasteiger partial charge in [0, 0.05) is 18.3 Å². The molecule has 96 valence electrons. The molecule has 3 N–H and O–H groups in total. The molecule has 0 amide bonds. The molecule has 1 unspecified atom stereocenters. The van der Waals surface area contributed by atoms with E-state index in [9.17, 15) is 0 Å². The van der Waals surface area contributed by atoms with E-state index in [1.165, 1.54) is 19.3 Å². The first kappa shape index (κ1) is 14.0. The van der Waals surface area contributed by atoms with E-state index in [0.717, 1.165) is 12.0 Å². The number of nitrogens with zero attached hydrogens (tertiary/aromatic N) is 1. The third-order valence-electron chi connectivity index (χ3n) is 2.87. The van der Waals surface area contributed by atoms with E-state index in [-0.39, 0.29) is 0 Å². The van der Waals surface area contributed by atoms with Crippen molar-refractivity contribution in [2.45, 2.75) is 58.5 Å². The molecule has 17 heavy (non-hydrogen) atoms. The normalized spacial score (nSPS) is 12.9. The predicted octanol–water partition coefficient (Wildman–Crippen LogP) is 2.76. The number of rotatable bonds is 7. The molecule has 3 nitrogen and oxygen atoms in total. The zero-order chi connectivity index (χ0) is 12.7. The van der Waals surface area contributed by atoms with Crippen molar-refractivity contribution in [3.05, 3.63) is 23.9 Å². The van der Waals surface area contributed by atoms with Gasteiger partial charge in [-0.15, -0.1) is 0 Å². The smallest absolute Gasteiger partial charge is 0.126 e. The lowest BCUT2D eigenvalue weighted by molar-refractivity contribution is 0.425. The second-order valence-electron chi connectivity index (χ2n) is 4.91. The third kappa shape index (κ3) is 5.18. The number of nitrogens with two attached hydrogens (primary N) is 1. The van der Waals surface area contributed by atoms with Gasteiger partial charge in [-0.3, -0.25) is 0 Å². The summed E-state index contributed by atoms with van der Waals surface area (Å²) in [5.74, 6) is 0.666. The van der Waals surface area contributed by atoms with Gasteiger partial charge in [0.05, 0.1) is 0 Å². The van der Waals surface area contributed by atoms with E-state index in [0.29, 0.717) is 17.9 Å². The summed E-state index contributed by atoms with van der Waals surface area (Å²) in [5.41, 5.74) is 7.04. The van der Waals surface area contributed by atoms with Gasteiger partial charge in [0.25, 0.3) is 0 Å². The van der Waals surface area contributed by atoms with Gasteiger partial charge in [-0.1, -0.05) is 39.7 Å². The zero-order valence-corrected chi connectivity index (χ0v) is 11.2. The Labute approximate surface area is 105 Å². The summed E-state index contributed by atoms with van der Waals surface area (Å²) in [6, 6.07) is 5.04. The van der Waals surface area contributed by atoms with Gasteiger partial charge in [0.1, 0.15) is 5.82 Å². The van der Waals surface area contributed by atoms with Crippen molar-refractivity contribution < 1.29 is 0 Å². The molecule has 0 aromatic carbocycles. The van der Waals surface area contributed by atoms with Crippen LogP contribution in [0.5, 0.6) is 0 Å². The Hall–Kier alpha value is -1.09. The van der Waals surface area contributed by atoms with Gasteiger partial charge in [-0.25, -0.2) is 4.98 Å². The van der Waals surface area contributed by atoms with Crippen LogP contribution in [0.4, 0.5) is 5.82 Å². The summed E-state index contributed by atoms with van der Waals surface area (Å²) in [5, 5.41) is 3.61. The lowest BCUT2D eigenvalue weighted by atomic mass is 10.0. The molecule has 3 heteroatoms. The molecule has 0 aliphatic heterocycles. The first-order valence-corrected chi connectivity index (χ1v) is 6.59. The molecule has 0 aliphatic rings. The minimum absolute atomic E-state index is 0.501. The molecule has 1 aromatic rings. The Morgan fingerprint density at radius 2 is 2.18 bits per heavy atom. The predicted molar refractivity (Wildman–Crippen MR) is 73.9 cm³/mol. The minimum Gasteiger partial charge on any atom is -0.383 e. The first-order valence-electron chi connectivity index (χ1n) is 6.59. The van der Waals surface area contributed by atoms with E-state index in [1.54, 1.807) is 6.20 Å². The lowest BCUT2D eigenvalue weighted by Crippen LogP contribution is -2.36. The van der Waals surface area contributed by atoms with Crippen molar-refractivity contribution in [2.75, 3.05) is 5.73 Å². The monoisotopic (exact) mass is 235 g/mol. The second kappa shape index (κ2) is 7.28. The molecule has 1 heterocycles. The van der Waals surface area contributed by atoms with Crippen LogP contribution in [0.15, 0.2) is 18.3 Å². The van der Waals surface area contributed by atoms with Gasteiger partial charge >= 0.3 is 0 Å². The number of nitrogens with one attached hydrogen (secondary N) is 1. The summed E-state index contributed by atoms with van der Waals surface area (Å²) in [4.78, 5) is 4.14. The molecule has 0 saturated heterocycles. The molecule has 0 fully saturated rings. The van der Waals surface area contributed by atoms with Crippen molar-refractivity contribution in [2.24, 2.45) is 0 Å². The lowest BCUT2D eigenvalue weighted by Gasteiger charge is -2.21. The van der Waals surface area contributed by atoms with Crippen LogP contribution in [0.3, 0.4) is 0 Å². The van der Waals surface area contributed by atoms with Crippen LogP contribution >= 0.6 is 0 Å². The van der Waals surface area contributed by atoms with E-state index < -0.39 is 0 Å². The number of unbranched alkanes of at least 4 members (excludes halogenated alkanes) is 1. The Bertz CT molecular complexity index is 323. The van der Waals surface area contributed by atoms with Crippen LogP contribution < -0.4 is 11.1 Å². The van der Waals surface area contributed by atoms with Crippen molar-refractivity contribution in [3.8, 4) is 0 Å². The van der Waals surface area contributed by atoms with E-state index in [4.69, 9.17) is 5.73 Å². The maximum Gasteiger partial charge on any atom is 0.126 e. The number of nitrogen functional groups attached to an aromatic ring is 1. The van der Waals surface area contributed by atoms with Gasteiger partial charge in [-0.05, 0) is 24.5 Å². The van der Waals surface area contributed by atoms with Crippen LogP contribution in [0, 0.1) is 0 Å². The molecule has 0 radical (unpaired) electrons. The van der Waals surface area contributed by atoms with Crippen LogP contribution in [0.2, 0.25) is 0 Å². The molecule has 1 rings (SSSR count). The van der Waals surface area contributed by atoms with Crippen LogP contribution in [0.25, 0.3) is 0 Å². The number of aromatic nitrogens is 1. The van der Waals surface area contributed by atoms with E-state index >= 15 is 0 Å². The molecular formula is C14H25N3. The molecule has 0 saturated carbocycles. The molecule has 0 spiro atoms. The highest BCUT2D eigenvalue weighted by molar-refractivity contribution is 5.38. The molecule has 1 atom stereocenters. The quantitative estimate of drug-likeness (QED) is 0.764. The minimum atomic E-state index is 0.501. The summed E-state index contributed by atoms with van der Waals surface area (Å²) < 4.78 is 0. The Balaban J connectivity index is 2.61. The SMILES string of the molecule is CCCCC(Cc1cccnc1N)NC(C)C. The van der Waals surface area contributed by atoms with Gasteiger partial charge in [0.2, 0.25) is 0 Å². The average molecular weight is 235 g/mol. The maximum absolute atomic E-state index is 5.89. The first-order chi connectivity index (χ1) is 8.13. The largest absolute Gasteiger partial charge is 0.383 e. The number of anilines is 1. The molecule has 0 aliphatic carbocycles. The summed E-state index contributed by atoms with van der Waals surface area (Å²) in [7, 11) is 0. The van der Waals surface area contributed by atoms with Crippen molar-refractivity contribution in [1.29, 1.82) is 0 Å². The highest BCUT2D eigenvalue weighted by Gasteiger charge is 2.12. The number of hydrogen-bond donors (Lipinski definition) is 2.